The van der Waals surface area contributed by atoms with E-state index >= 15 is 0 Å². The van der Waals surface area contributed by atoms with Crippen molar-refractivity contribution in [2.24, 2.45) is 0 Å². The first kappa shape index (κ1) is 18.7. The summed E-state index contributed by atoms with van der Waals surface area (Å²) in [4.78, 5) is 14.3. The average molecular weight is 404 g/mol. The number of fused-ring (bicyclic) bond motifs is 2. The van der Waals surface area contributed by atoms with E-state index in [2.05, 4.69) is 0 Å². The van der Waals surface area contributed by atoms with Crippen molar-refractivity contribution in [2.45, 2.75) is 18.9 Å². The van der Waals surface area contributed by atoms with Gasteiger partial charge in [0.15, 0.2) is 29.1 Å². The number of amides is 1. The maximum absolute atomic E-state index is 12.7. The van der Waals surface area contributed by atoms with Gasteiger partial charge in [0.05, 0.1) is 31.2 Å². The first-order valence-electron chi connectivity index (χ1n) is 9.30. The van der Waals surface area contributed by atoms with Gasteiger partial charge >= 0.3 is 0 Å². The van der Waals surface area contributed by atoms with Crippen LogP contribution in [0.2, 0.25) is 5.02 Å². The van der Waals surface area contributed by atoms with Crippen molar-refractivity contribution >= 4 is 17.5 Å². The molecule has 2 aromatic rings. The minimum absolute atomic E-state index is 0.0342. The largest absolute Gasteiger partial charge is 0.489 e. The molecule has 0 bridgehead atoms. The molecule has 28 heavy (non-hydrogen) atoms. The predicted octanol–water partition coefficient (Wildman–Crippen LogP) is 3.34. The summed E-state index contributed by atoms with van der Waals surface area (Å²) in [6.07, 6.45) is 0.808. The van der Waals surface area contributed by atoms with Crippen LogP contribution in [-0.2, 0) is 11.2 Å². The van der Waals surface area contributed by atoms with Crippen molar-refractivity contribution in [1.29, 1.82) is 0 Å². The Balaban J connectivity index is 1.39. The summed E-state index contributed by atoms with van der Waals surface area (Å²) in [7, 11) is 1.76. The second kappa shape index (κ2) is 8.19. The maximum Gasteiger partial charge on any atom is 0.226 e. The molecule has 2 aliphatic rings. The van der Waals surface area contributed by atoms with Crippen LogP contribution in [0, 0.1) is 0 Å². The van der Waals surface area contributed by atoms with Crippen molar-refractivity contribution in [3.05, 3.63) is 47.0 Å². The van der Waals surface area contributed by atoms with E-state index in [1.807, 2.05) is 30.3 Å². The van der Waals surface area contributed by atoms with Crippen LogP contribution in [0.15, 0.2) is 36.4 Å². The third kappa shape index (κ3) is 4.12. The fraction of sp³-hybridized carbons (Fsp3) is 0.381. The van der Waals surface area contributed by atoms with Crippen LogP contribution in [0.1, 0.15) is 12.0 Å². The number of benzene rings is 2. The normalized spacial score (nSPS) is 17.6. The van der Waals surface area contributed by atoms with Gasteiger partial charge in [-0.1, -0.05) is 23.7 Å². The SMILES string of the molecule is CN(C[C@H]1COc2ccccc2O1)C(=O)Cc1cc(Cl)c2c(c1)OCCCO2. The van der Waals surface area contributed by atoms with Gasteiger partial charge in [0.1, 0.15) is 6.61 Å². The Bertz CT molecular complexity index is 872. The molecule has 4 rings (SSSR count). The number of nitrogens with zero attached hydrogens (tertiary/aromatic N) is 1. The summed E-state index contributed by atoms with van der Waals surface area (Å²) in [5, 5.41) is 0.463. The molecule has 0 saturated heterocycles. The topological polar surface area (TPSA) is 57.2 Å². The fourth-order valence-electron chi connectivity index (χ4n) is 3.26. The van der Waals surface area contributed by atoms with E-state index in [0.29, 0.717) is 48.6 Å². The second-order valence-corrected chi connectivity index (χ2v) is 7.31. The van der Waals surface area contributed by atoms with E-state index in [-0.39, 0.29) is 18.4 Å². The Morgan fingerprint density at radius 3 is 2.75 bits per heavy atom. The summed E-state index contributed by atoms with van der Waals surface area (Å²) in [6.45, 7) is 1.98. The molecule has 6 nitrogen and oxygen atoms in total. The molecule has 0 radical (unpaired) electrons. The van der Waals surface area contributed by atoms with E-state index in [0.717, 1.165) is 17.7 Å². The van der Waals surface area contributed by atoms with Gasteiger partial charge in [-0.2, -0.15) is 0 Å². The van der Waals surface area contributed by atoms with Crippen molar-refractivity contribution < 1.29 is 23.7 Å². The zero-order valence-electron chi connectivity index (χ0n) is 15.7. The summed E-state index contributed by atoms with van der Waals surface area (Å²) in [5.41, 5.74) is 0.789. The van der Waals surface area contributed by atoms with Crippen molar-refractivity contribution in [3.8, 4) is 23.0 Å². The number of para-hydroxylation sites is 2. The minimum atomic E-state index is -0.212. The molecule has 0 aromatic heterocycles. The molecule has 0 unspecified atom stereocenters. The van der Waals surface area contributed by atoms with E-state index in [1.54, 1.807) is 18.0 Å². The number of likely N-dealkylation sites (N-methyl/N-ethyl adjacent to an activating group) is 1. The molecule has 2 heterocycles. The molecule has 148 valence electrons. The quantitative estimate of drug-likeness (QED) is 0.783. The number of hydrogen-bond donors (Lipinski definition) is 0. The minimum Gasteiger partial charge on any atom is -0.489 e. The highest BCUT2D eigenvalue weighted by Gasteiger charge is 2.24. The number of ether oxygens (including phenoxy) is 4. The number of carbonyl (C=O) groups excluding carboxylic acids is 1. The van der Waals surface area contributed by atoms with Gasteiger partial charge in [-0.25, -0.2) is 0 Å². The van der Waals surface area contributed by atoms with E-state index in [9.17, 15) is 4.79 Å². The molecule has 0 spiro atoms. The first-order chi connectivity index (χ1) is 13.6. The molecule has 0 saturated carbocycles. The zero-order valence-corrected chi connectivity index (χ0v) is 16.4. The fourth-order valence-corrected chi connectivity index (χ4v) is 3.54. The van der Waals surface area contributed by atoms with Crippen LogP contribution in [-0.4, -0.2) is 50.3 Å². The Labute approximate surface area is 168 Å². The Kier molecular flexibility index (Phi) is 5.48. The average Bonchev–Trinajstić information content (AvgIpc) is 2.94. The maximum atomic E-state index is 12.7. The van der Waals surface area contributed by atoms with Gasteiger partial charge in [-0.05, 0) is 29.8 Å². The van der Waals surface area contributed by atoms with Gasteiger partial charge < -0.3 is 23.8 Å². The van der Waals surface area contributed by atoms with Crippen LogP contribution >= 0.6 is 11.6 Å². The second-order valence-electron chi connectivity index (χ2n) is 6.90. The van der Waals surface area contributed by atoms with Crippen molar-refractivity contribution in [3.63, 3.8) is 0 Å². The lowest BCUT2D eigenvalue weighted by Crippen LogP contribution is -2.42. The van der Waals surface area contributed by atoms with Crippen LogP contribution in [0.25, 0.3) is 0 Å². The summed E-state index contributed by atoms with van der Waals surface area (Å²) in [6, 6.07) is 11.1. The van der Waals surface area contributed by atoms with E-state index < -0.39 is 0 Å². The highest BCUT2D eigenvalue weighted by atomic mass is 35.5. The third-order valence-corrected chi connectivity index (χ3v) is 4.97. The molecule has 0 fully saturated rings. The molecule has 2 aromatic carbocycles. The van der Waals surface area contributed by atoms with E-state index in [1.165, 1.54) is 0 Å². The number of rotatable bonds is 4. The first-order valence-corrected chi connectivity index (χ1v) is 9.68. The Morgan fingerprint density at radius 2 is 1.89 bits per heavy atom. The van der Waals surface area contributed by atoms with Gasteiger partial charge in [0.2, 0.25) is 5.91 Å². The third-order valence-electron chi connectivity index (χ3n) is 4.69. The van der Waals surface area contributed by atoms with Gasteiger partial charge in [-0.3, -0.25) is 4.79 Å². The van der Waals surface area contributed by atoms with Gasteiger partial charge in [0.25, 0.3) is 0 Å². The summed E-state index contributed by atoms with van der Waals surface area (Å²) < 4.78 is 23.0. The van der Waals surface area contributed by atoms with Crippen molar-refractivity contribution in [1.82, 2.24) is 4.90 Å². The number of halogens is 1. The summed E-state index contributed by atoms with van der Waals surface area (Å²) >= 11 is 6.32. The Morgan fingerprint density at radius 1 is 1.11 bits per heavy atom. The number of carbonyl (C=O) groups is 1. The van der Waals surface area contributed by atoms with Crippen LogP contribution in [0.3, 0.4) is 0 Å². The molecule has 1 amide bonds. The molecule has 0 aliphatic carbocycles. The Hall–Kier alpha value is -2.60. The molecular formula is C21H22ClNO5. The zero-order chi connectivity index (χ0) is 19.5. The number of hydrogen-bond acceptors (Lipinski definition) is 5. The highest BCUT2D eigenvalue weighted by Crippen LogP contribution is 2.38. The lowest BCUT2D eigenvalue weighted by Gasteiger charge is -2.29. The molecule has 7 heteroatoms. The smallest absolute Gasteiger partial charge is 0.226 e. The van der Waals surface area contributed by atoms with Gasteiger partial charge in [-0.15, -0.1) is 0 Å². The predicted molar refractivity (Wildman–Crippen MR) is 105 cm³/mol. The van der Waals surface area contributed by atoms with Crippen molar-refractivity contribution in [2.75, 3.05) is 33.4 Å². The lowest BCUT2D eigenvalue weighted by atomic mass is 10.1. The van der Waals surface area contributed by atoms with Crippen LogP contribution < -0.4 is 18.9 Å². The van der Waals surface area contributed by atoms with E-state index in [4.69, 9.17) is 30.5 Å². The van der Waals surface area contributed by atoms with Gasteiger partial charge in [0, 0.05) is 13.5 Å². The molecular weight excluding hydrogens is 382 g/mol. The lowest BCUT2D eigenvalue weighted by molar-refractivity contribution is -0.130. The van der Waals surface area contributed by atoms with Crippen LogP contribution in [0.5, 0.6) is 23.0 Å². The molecule has 1 atom stereocenters. The molecule has 0 N–H and O–H groups in total. The standard InChI is InChI=1S/C21H22ClNO5/c1-23(12-15-13-27-17-5-2-3-6-18(17)28-15)20(24)11-14-9-16(22)21-19(10-14)25-7-4-8-26-21/h2-3,5-6,9-10,15H,4,7-8,11-13H2,1H3/t15-/m0/s1. The monoisotopic (exact) mass is 403 g/mol. The summed E-state index contributed by atoms with van der Waals surface area (Å²) in [5.74, 6) is 2.54. The molecule has 2 aliphatic heterocycles. The van der Waals surface area contributed by atoms with Crippen LogP contribution in [0.4, 0.5) is 0 Å². The highest BCUT2D eigenvalue weighted by molar-refractivity contribution is 6.32.